The van der Waals surface area contributed by atoms with E-state index in [1.165, 1.54) is 0 Å². The minimum absolute atomic E-state index is 0.00937. The summed E-state index contributed by atoms with van der Waals surface area (Å²) in [6.07, 6.45) is 0. The lowest BCUT2D eigenvalue weighted by molar-refractivity contribution is 0.281. The van der Waals surface area contributed by atoms with Crippen LogP contribution in [0.2, 0.25) is 0 Å². The summed E-state index contributed by atoms with van der Waals surface area (Å²) in [4.78, 5) is 6.41. The zero-order chi connectivity index (χ0) is 14.7. The molecule has 1 aliphatic rings. The number of pyridine rings is 1. The van der Waals surface area contributed by atoms with Crippen LogP contribution in [-0.4, -0.2) is 23.2 Å². The number of nitriles is 1. The number of aliphatic hydroxyl groups is 1. The number of anilines is 1. The lowest BCUT2D eigenvalue weighted by Gasteiger charge is -2.21. The van der Waals surface area contributed by atoms with Gasteiger partial charge in [0.05, 0.1) is 13.2 Å². The maximum Gasteiger partial charge on any atom is 0.142 e. The smallest absolute Gasteiger partial charge is 0.142 e. The number of aromatic nitrogens is 1. The van der Waals surface area contributed by atoms with Gasteiger partial charge in [0.15, 0.2) is 0 Å². The Kier molecular flexibility index (Phi) is 3.71. The Hall–Kier alpha value is -2.58. The largest absolute Gasteiger partial charge is 0.491 e. The van der Waals surface area contributed by atoms with Crippen LogP contribution in [0.1, 0.15) is 16.8 Å². The van der Waals surface area contributed by atoms with Crippen molar-refractivity contribution in [2.45, 2.75) is 13.2 Å². The molecule has 106 valence electrons. The monoisotopic (exact) mass is 281 g/mol. The summed E-state index contributed by atoms with van der Waals surface area (Å²) < 4.78 is 5.74. The third-order valence-electron chi connectivity index (χ3n) is 3.46. The third kappa shape index (κ3) is 2.81. The quantitative estimate of drug-likeness (QED) is 0.909. The van der Waals surface area contributed by atoms with Gasteiger partial charge in [-0.15, -0.1) is 0 Å². The molecular weight excluding hydrogens is 266 g/mol. The first kappa shape index (κ1) is 13.4. The average molecular weight is 281 g/mol. The van der Waals surface area contributed by atoms with E-state index in [1.54, 1.807) is 6.07 Å². The van der Waals surface area contributed by atoms with Gasteiger partial charge in [0, 0.05) is 12.1 Å². The van der Waals surface area contributed by atoms with Crippen molar-refractivity contribution in [3.8, 4) is 11.8 Å². The second kappa shape index (κ2) is 5.81. The molecule has 5 heteroatoms. The molecule has 0 unspecified atom stereocenters. The summed E-state index contributed by atoms with van der Waals surface area (Å²) in [5.74, 6) is 1.60. The van der Waals surface area contributed by atoms with Gasteiger partial charge in [0.25, 0.3) is 0 Å². The molecule has 5 nitrogen and oxygen atoms in total. The Bertz CT molecular complexity index is 694. The van der Waals surface area contributed by atoms with Gasteiger partial charge in [-0.1, -0.05) is 12.1 Å². The lowest BCUT2D eigenvalue weighted by atomic mass is 10.1. The fourth-order valence-electron chi connectivity index (χ4n) is 2.40. The Labute approximate surface area is 123 Å². The molecule has 1 aliphatic heterocycles. The maximum absolute atomic E-state index is 9.26. The molecule has 1 aromatic heterocycles. The molecule has 21 heavy (non-hydrogen) atoms. The van der Waals surface area contributed by atoms with Gasteiger partial charge >= 0.3 is 0 Å². The first-order valence-electron chi connectivity index (χ1n) is 6.78. The van der Waals surface area contributed by atoms with Crippen LogP contribution in [0.4, 0.5) is 5.82 Å². The zero-order valence-electron chi connectivity index (χ0n) is 11.5. The topological polar surface area (TPSA) is 69.4 Å². The summed E-state index contributed by atoms with van der Waals surface area (Å²) in [5, 5.41) is 18.2. The fraction of sp³-hybridized carbons (Fsp3) is 0.250. The Balaban J connectivity index is 1.92. The number of fused-ring (bicyclic) bond motifs is 1. The molecule has 3 rings (SSSR count). The average Bonchev–Trinajstić information content (AvgIpc) is 2.76. The summed E-state index contributed by atoms with van der Waals surface area (Å²) >= 11 is 0. The normalized spacial score (nSPS) is 13.8. The van der Waals surface area contributed by atoms with E-state index in [1.807, 2.05) is 30.3 Å². The predicted molar refractivity (Wildman–Crippen MR) is 77.9 cm³/mol. The van der Waals surface area contributed by atoms with Crippen LogP contribution >= 0.6 is 0 Å². The summed E-state index contributed by atoms with van der Waals surface area (Å²) in [7, 11) is 0. The Morgan fingerprint density at radius 3 is 3.05 bits per heavy atom. The molecule has 2 heterocycles. The van der Waals surface area contributed by atoms with Gasteiger partial charge in [0.2, 0.25) is 0 Å². The van der Waals surface area contributed by atoms with Crippen LogP contribution in [0.3, 0.4) is 0 Å². The minimum Gasteiger partial charge on any atom is -0.491 e. The van der Waals surface area contributed by atoms with E-state index in [0.29, 0.717) is 25.4 Å². The third-order valence-corrected chi connectivity index (χ3v) is 3.46. The van der Waals surface area contributed by atoms with Crippen molar-refractivity contribution < 1.29 is 9.84 Å². The van der Waals surface area contributed by atoms with Gasteiger partial charge in [-0.25, -0.2) is 4.98 Å². The van der Waals surface area contributed by atoms with Crippen LogP contribution in [0.15, 0.2) is 36.4 Å². The zero-order valence-corrected chi connectivity index (χ0v) is 11.5. The maximum atomic E-state index is 9.26. The summed E-state index contributed by atoms with van der Waals surface area (Å²) in [6.45, 7) is 1.91. The van der Waals surface area contributed by atoms with Crippen molar-refractivity contribution in [1.82, 2.24) is 4.98 Å². The highest BCUT2D eigenvalue weighted by atomic mass is 16.5. The standard InChI is InChI=1S/C16H15N3O2/c17-9-14-2-1-3-16(18-14)19-6-7-21-15-5-4-12(11-20)8-13(15)10-19/h1-5,8,20H,6-7,10-11H2. The molecule has 1 N–H and O–H groups in total. The first-order chi connectivity index (χ1) is 10.3. The van der Waals surface area contributed by atoms with Crippen molar-refractivity contribution in [3.63, 3.8) is 0 Å². The summed E-state index contributed by atoms with van der Waals surface area (Å²) in [5.41, 5.74) is 2.28. The van der Waals surface area contributed by atoms with Crippen molar-refractivity contribution in [1.29, 1.82) is 5.26 Å². The van der Waals surface area contributed by atoms with Crippen molar-refractivity contribution in [3.05, 3.63) is 53.2 Å². The number of aliphatic hydroxyl groups excluding tert-OH is 1. The molecule has 0 aliphatic carbocycles. The number of rotatable bonds is 2. The molecule has 1 aromatic carbocycles. The summed E-state index contributed by atoms with van der Waals surface area (Å²) in [6, 6.07) is 13.2. The van der Waals surface area contributed by atoms with Crippen LogP contribution < -0.4 is 9.64 Å². The number of hydrogen-bond donors (Lipinski definition) is 1. The van der Waals surface area contributed by atoms with Crippen LogP contribution in [-0.2, 0) is 13.2 Å². The van der Waals surface area contributed by atoms with Crippen LogP contribution in [0, 0.1) is 11.3 Å². The molecule has 0 spiro atoms. The molecule has 2 aromatic rings. The molecule has 0 saturated heterocycles. The molecule has 0 saturated carbocycles. The number of ether oxygens (including phenoxy) is 1. The van der Waals surface area contributed by atoms with E-state index in [9.17, 15) is 5.11 Å². The van der Waals surface area contributed by atoms with E-state index in [-0.39, 0.29) is 6.61 Å². The van der Waals surface area contributed by atoms with Crippen LogP contribution in [0.5, 0.6) is 5.75 Å². The van der Waals surface area contributed by atoms with Gasteiger partial charge < -0.3 is 14.7 Å². The van der Waals surface area contributed by atoms with E-state index in [4.69, 9.17) is 10.00 Å². The minimum atomic E-state index is 0.00937. The van der Waals surface area contributed by atoms with Gasteiger partial charge in [-0.05, 0) is 29.8 Å². The molecule has 0 bridgehead atoms. The number of benzene rings is 1. The Morgan fingerprint density at radius 1 is 1.33 bits per heavy atom. The SMILES string of the molecule is N#Cc1cccc(N2CCOc3ccc(CO)cc3C2)n1. The second-order valence-electron chi connectivity index (χ2n) is 4.86. The van der Waals surface area contributed by atoms with Gasteiger partial charge in [-0.3, -0.25) is 0 Å². The number of nitrogens with zero attached hydrogens (tertiary/aromatic N) is 3. The predicted octanol–water partition coefficient (Wildman–Crippen LogP) is 1.84. The van der Waals surface area contributed by atoms with Crippen molar-refractivity contribution in [2.75, 3.05) is 18.1 Å². The highest BCUT2D eigenvalue weighted by Crippen LogP contribution is 2.26. The first-order valence-corrected chi connectivity index (χ1v) is 6.78. The van der Waals surface area contributed by atoms with E-state index >= 15 is 0 Å². The lowest BCUT2D eigenvalue weighted by Crippen LogP contribution is -2.26. The highest BCUT2D eigenvalue weighted by Gasteiger charge is 2.17. The van der Waals surface area contributed by atoms with E-state index in [2.05, 4.69) is 16.0 Å². The Morgan fingerprint density at radius 2 is 2.24 bits per heavy atom. The molecule has 0 amide bonds. The highest BCUT2D eigenvalue weighted by molar-refractivity contribution is 5.46. The van der Waals surface area contributed by atoms with Gasteiger partial charge in [-0.2, -0.15) is 5.26 Å². The van der Waals surface area contributed by atoms with Crippen molar-refractivity contribution >= 4 is 5.82 Å². The fourth-order valence-corrected chi connectivity index (χ4v) is 2.40. The van der Waals surface area contributed by atoms with E-state index < -0.39 is 0 Å². The van der Waals surface area contributed by atoms with Crippen LogP contribution in [0.25, 0.3) is 0 Å². The van der Waals surface area contributed by atoms with Crippen molar-refractivity contribution in [2.24, 2.45) is 0 Å². The second-order valence-corrected chi connectivity index (χ2v) is 4.86. The molecule has 0 atom stereocenters. The molecular formula is C16H15N3O2. The molecule has 0 fully saturated rings. The molecule has 0 radical (unpaired) electrons. The van der Waals surface area contributed by atoms with Gasteiger partial charge in [0.1, 0.15) is 29.9 Å². The number of hydrogen-bond acceptors (Lipinski definition) is 5. The van der Waals surface area contributed by atoms with E-state index in [0.717, 1.165) is 22.7 Å².